The third-order valence-electron chi connectivity index (χ3n) is 4.28. The van der Waals surface area contributed by atoms with E-state index >= 15 is 0 Å². The van der Waals surface area contributed by atoms with Gasteiger partial charge < -0.3 is 13.8 Å². The molecule has 1 saturated heterocycles. The van der Waals surface area contributed by atoms with Crippen molar-refractivity contribution in [1.82, 2.24) is 25.2 Å². The Morgan fingerprint density at radius 1 is 1.18 bits per heavy atom. The fraction of sp³-hybridized carbons (Fsp3) is 0.714. The van der Waals surface area contributed by atoms with Crippen LogP contribution in [-0.4, -0.2) is 44.9 Å². The number of aromatic nitrogens is 4. The zero-order valence-electron chi connectivity index (χ0n) is 12.7. The van der Waals surface area contributed by atoms with Gasteiger partial charge in [-0.3, -0.25) is 4.90 Å². The molecule has 4 rings (SSSR count). The van der Waals surface area contributed by atoms with E-state index in [4.69, 9.17) is 13.8 Å². The van der Waals surface area contributed by atoms with Crippen LogP contribution in [0.3, 0.4) is 0 Å². The molecular formula is C14H19N5O3. The van der Waals surface area contributed by atoms with Gasteiger partial charge in [0.2, 0.25) is 11.8 Å². The first-order valence-corrected chi connectivity index (χ1v) is 7.62. The number of ether oxygens (including phenoxy) is 1. The van der Waals surface area contributed by atoms with Gasteiger partial charge in [0, 0.05) is 19.6 Å². The summed E-state index contributed by atoms with van der Waals surface area (Å²) >= 11 is 0. The lowest BCUT2D eigenvalue weighted by molar-refractivity contribution is 0.106. The van der Waals surface area contributed by atoms with E-state index in [1.54, 1.807) is 7.11 Å². The summed E-state index contributed by atoms with van der Waals surface area (Å²) in [7, 11) is 1.73. The van der Waals surface area contributed by atoms with E-state index in [2.05, 4.69) is 25.2 Å². The topological polar surface area (TPSA) is 90.3 Å². The van der Waals surface area contributed by atoms with Gasteiger partial charge in [0.1, 0.15) is 0 Å². The lowest BCUT2D eigenvalue weighted by Gasteiger charge is -2.18. The Bertz CT molecular complexity index is 650. The van der Waals surface area contributed by atoms with Crippen LogP contribution in [0.15, 0.2) is 9.05 Å². The summed E-state index contributed by atoms with van der Waals surface area (Å²) in [5.41, 5.74) is 0. The maximum atomic E-state index is 5.50. The predicted molar refractivity (Wildman–Crippen MR) is 73.9 cm³/mol. The van der Waals surface area contributed by atoms with E-state index in [0.29, 0.717) is 30.0 Å². The molecule has 3 heterocycles. The van der Waals surface area contributed by atoms with Gasteiger partial charge in [-0.1, -0.05) is 10.3 Å². The minimum atomic E-state index is 0.0361. The van der Waals surface area contributed by atoms with E-state index in [9.17, 15) is 0 Å². The van der Waals surface area contributed by atoms with Crippen LogP contribution < -0.4 is 0 Å². The Morgan fingerprint density at radius 2 is 2.00 bits per heavy atom. The predicted octanol–water partition coefficient (Wildman–Crippen LogP) is 1.60. The number of aryl methyl sites for hydroxylation is 1. The molecule has 8 heteroatoms. The third kappa shape index (κ3) is 2.64. The van der Waals surface area contributed by atoms with Crippen LogP contribution in [0.1, 0.15) is 54.7 Å². The van der Waals surface area contributed by atoms with Crippen LogP contribution in [0.2, 0.25) is 0 Å². The van der Waals surface area contributed by atoms with E-state index in [1.807, 2.05) is 6.92 Å². The molecule has 2 aromatic heterocycles. The second kappa shape index (κ2) is 5.44. The summed E-state index contributed by atoms with van der Waals surface area (Å²) in [6.07, 6.45) is 3.28. The summed E-state index contributed by atoms with van der Waals surface area (Å²) in [4.78, 5) is 11.1. The van der Waals surface area contributed by atoms with E-state index < -0.39 is 0 Å². The van der Waals surface area contributed by atoms with Crippen molar-refractivity contribution in [3.63, 3.8) is 0 Å². The smallest absolute Gasteiger partial charge is 0.244 e. The number of likely N-dealkylation sites (tertiary alicyclic amines) is 1. The molecule has 0 bridgehead atoms. The number of methoxy groups -OCH3 is 1. The van der Waals surface area contributed by atoms with Crippen LogP contribution in [0.5, 0.6) is 0 Å². The second-order valence-corrected chi connectivity index (χ2v) is 6.04. The molecule has 1 aliphatic carbocycles. The fourth-order valence-electron chi connectivity index (χ4n) is 2.92. The Balaban J connectivity index is 1.51. The minimum Gasteiger partial charge on any atom is -0.380 e. The Morgan fingerprint density at radius 3 is 2.68 bits per heavy atom. The molecule has 0 N–H and O–H groups in total. The van der Waals surface area contributed by atoms with Crippen molar-refractivity contribution >= 4 is 0 Å². The van der Waals surface area contributed by atoms with Crippen LogP contribution in [0, 0.1) is 6.92 Å². The molecule has 2 fully saturated rings. The molecule has 8 nitrogen and oxygen atoms in total. The molecule has 22 heavy (non-hydrogen) atoms. The summed E-state index contributed by atoms with van der Waals surface area (Å²) < 4.78 is 16.2. The SMILES string of the molecule is CO[C@@H]1C[C@H](c2nc(C)no2)N(Cc2noc(C3CC3)n2)C1. The normalized spacial score (nSPS) is 25.9. The molecule has 0 aromatic carbocycles. The number of nitrogens with zero attached hydrogens (tertiary/aromatic N) is 5. The fourth-order valence-corrected chi connectivity index (χ4v) is 2.92. The highest BCUT2D eigenvalue weighted by Gasteiger charge is 2.38. The van der Waals surface area contributed by atoms with Crippen molar-refractivity contribution < 1.29 is 13.8 Å². The van der Waals surface area contributed by atoms with Gasteiger partial charge in [-0.2, -0.15) is 9.97 Å². The van der Waals surface area contributed by atoms with Gasteiger partial charge in [0.25, 0.3) is 0 Å². The molecule has 0 spiro atoms. The molecule has 1 aliphatic heterocycles. The van der Waals surface area contributed by atoms with Crippen LogP contribution in [0.4, 0.5) is 0 Å². The Kier molecular flexibility index (Phi) is 3.42. The zero-order valence-corrected chi connectivity index (χ0v) is 12.7. The number of rotatable bonds is 5. The number of hydrogen-bond acceptors (Lipinski definition) is 8. The molecule has 2 aliphatic rings. The molecule has 1 saturated carbocycles. The minimum absolute atomic E-state index is 0.0361. The molecule has 0 unspecified atom stereocenters. The Hall–Kier alpha value is -1.80. The summed E-state index contributed by atoms with van der Waals surface area (Å²) in [5, 5.41) is 7.98. The summed E-state index contributed by atoms with van der Waals surface area (Å²) in [5.74, 6) is 3.22. The average Bonchev–Trinajstić information content (AvgIpc) is 2.94. The van der Waals surface area contributed by atoms with Crippen LogP contribution in [-0.2, 0) is 11.3 Å². The van der Waals surface area contributed by atoms with Gasteiger partial charge in [0.15, 0.2) is 11.6 Å². The molecule has 2 aromatic rings. The first-order valence-electron chi connectivity index (χ1n) is 7.62. The summed E-state index contributed by atoms with van der Waals surface area (Å²) in [6.45, 7) is 3.21. The van der Waals surface area contributed by atoms with E-state index in [1.165, 1.54) is 0 Å². The van der Waals surface area contributed by atoms with Gasteiger partial charge in [-0.05, 0) is 26.2 Å². The largest absolute Gasteiger partial charge is 0.380 e. The van der Waals surface area contributed by atoms with Crippen LogP contribution in [0.25, 0.3) is 0 Å². The highest BCUT2D eigenvalue weighted by Crippen LogP contribution is 2.39. The molecule has 0 amide bonds. The van der Waals surface area contributed by atoms with Crippen molar-refractivity contribution in [1.29, 1.82) is 0 Å². The standard InChI is InChI=1S/C14H19N5O3/c1-8-15-14(22-17-8)11-5-10(20-2)6-19(11)7-12-16-13(21-18-12)9-3-4-9/h9-11H,3-7H2,1-2H3/t10-,11-/m1/s1. The molecule has 0 radical (unpaired) electrons. The van der Waals surface area contributed by atoms with E-state index in [0.717, 1.165) is 31.7 Å². The highest BCUT2D eigenvalue weighted by atomic mass is 16.5. The molecule has 2 atom stereocenters. The van der Waals surface area contributed by atoms with Crippen molar-refractivity contribution in [2.75, 3.05) is 13.7 Å². The zero-order chi connectivity index (χ0) is 15.1. The van der Waals surface area contributed by atoms with Gasteiger partial charge in [-0.25, -0.2) is 0 Å². The third-order valence-corrected chi connectivity index (χ3v) is 4.28. The lowest BCUT2D eigenvalue weighted by Crippen LogP contribution is -2.25. The highest BCUT2D eigenvalue weighted by molar-refractivity contribution is 5.04. The second-order valence-electron chi connectivity index (χ2n) is 6.04. The van der Waals surface area contributed by atoms with Crippen molar-refractivity contribution in [2.45, 2.75) is 50.8 Å². The maximum absolute atomic E-state index is 5.50. The van der Waals surface area contributed by atoms with E-state index in [-0.39, 0.29) is 12.1 Å². The lowest BCUT2D eigenvalue weighted by atomic mass is 10.2. The van der Waals surface area contributed by atoms with Crippen LogP contribution >= 0.6 is 0 Å². The van der Waals surface area contributed by atoms with Crippen molar-refractivity contribution in [3.8, 4) is 0 Å². The molecular weight excluding hydrogens is 286 g/mol. The monoisotopic (exact) mass is 305 g/mol. The van der Waals surface area contributed by atoms with Crippen molar-refractivity contribution in [3.05, 3.63) is 23.4 Å². The maximum Gasteiger partial charge on any atom is 0.244 e. The van der Waals surface area contributed by atoms with Gasteiger partial charge in [0.05, 0.1) is 18.7 Å². The van der Waals surface area contributed by atoms with Gasteiger partial charge >= 0.3 is 0 Å². The Labute approximate surface area is 127 Å². The number of hydrogen-bond donors (Lipinski definition) is 0. The molecule has 118 valence electrons. The quantitative estimate of drug-likeness (QED) is 0.822. The summed E-state index contributed by atoms with van der Waals surface area (Å²) in [6, 6.07) is 0.0361. The van der Waals surface area contributed by atoms with Gasteiger partial charge in [-0.15, -0.1) is 0 Å². The van der Waals surface area contributed by atoms with Crippen molar-refractivity contribution in [2.24, 2.45) is 0 Å². The first kappa shape index (κ1) is 13.8. The first-order chi connectivity index (χ1) is 10.7. The average molecular weight is 305 g/mol.